The van der Waals surface area contributed by atoms with Crippen molar-refractivity contribution in [3.05, 3.63) is 0 Å². The zero-order valence-electron chi connectivity index (χ0n) is 17.2. The number of imidazole rings is 1. The molecule has 2 aromatic rings. The molecule has 8 heteroatoms. The molecule has 0 aliphatic carbocycles. The Labute approximate surface area is 166 Å². The second-order valence-electron chi connectivity index (χ2n) is 7.42. The molecule has 2 N–H and O–H groups in total. The number of nitrogens with two attached hydrogens (primary N) is 1. The number of fused-ring (bicyclic) bond motifs is 1. The summed E-state index contributed by atoms with van der Waals surface area (Å²) in [4.78, 5) is 13.2. The van der Waals surface area contributed by atoms with Gasteiger partial charge in [-0.25, -0.2) is 0 Å². The van der Waals surface area contributed by atoms with Crippen LogP contribution in [0.3, 0.4) is 0 Å². The number of ether oxygens (including phenoxy) is 3. The first-order valence-electron chi connectivity index (χ1n) is 10.5. The third-order valence-corrected chi connectivity index (χ3v) is 5.31. The molecule has 0 aromatic carbocycles. The molecule has 3 rings (SSSR count). The maximum Gasteiger partial charge on any atom is 0.320 e. The molecule has 0 saturated carbocycles. The average molecular weight is 392 g/mol. The van der Waals surface area contributed by atoms with Gasteiger partial charge in [-0.3, -0.25) is 4.57 Å². The molecule has 0 amide bonds. The van der Waals surface area contributed by atoms with Crippen LogP contribution in [-0.2, 0) is 11.3 Å². The molecule has 1 saturated heterocycles. The maximum atomic E-state index is 6.08. The Kier molecular flexibility index (Phi) is 7.71. The van der Waals surface area contributed by atoms with Gasteiger partial charge in [-0.05, 0) is 31.6 Å². The largest absolute Gasteiger partial charge is 0.468 e. The van der Waals surface area contributed by atoms with E-state index in [-0.39, 0.29) is 0 Å². The molecule has 8 nitrogen and oxygen atoms in total. The summed E-state index contributed by atoms with van der Waals surface area (Å²) < 4.78 is 18.5. The minimum atomic E-state index is 0.307. The highest BCUT2D eigenvalue weighted by molar-refractivity contribution is 5.83. The summed E-state index contributed by atoms with van der Waals surface area (Å²) in [5.74, 6) is 1.15. The van der Waals surface area contributed by atoms with E-state index in [0.29, 0.717) is 35.6 Å². The molecule has 0 bridgehead atoms. The number of rotatable bonds is 11. The molecule has 1 aliphatic heterocycles. The lowest BCUT2D eigenvalue weighted by molar-refractivity contribution is 0.0631. The fraction of sp³-hybridized carbons (Fsp3) is 0.750. The molecule has 1 aliphatic rings. The van der Waals surface area contributed by atoms with Crippen LogP contribution >= 0.6 is 0 Å². The first-order chi connectivity index (χ1) is 13.7. The molecule has 1 fully saturated rings. The van der Waals surface area contributed by atoms with Crippen LogP contribution in [0.15, 0.2) is 0 Å². The number of nitrogens with zero attached hydrogens (tertiary/aromatic N) is 4. The Morgan fingerprint density at radius 3 is 2.68 bits per heavy atom. The van der Waals surface area contributed by atoms with Gasteiger partial charge in [-0.1, -0.05) is 32.6 Å². The lowest BCUT2D eigenvalue weighted by atomic mass is 9.94. The van der Waals surface area contributed by atoms with E-state index in [1.54, 1.807) is 7.11 Å². The van der Waals surface area contributed by atoms with Crippen LogP contribution in [0.5, 0.6) is 12.0 Å². The van der Waals surface area contributed by atoms with Crippen LogP contribution in [-0.4, -0.2) is 46.4 Å². The van der Waals surface area contributed by atoms with Gasteiger partial charge in [0.2, 0.25) is 0 Å². The van der Waals surface area contributed by atoms with Crippen molar-refractivity contribution in [3.8, 4) is 12.0 Å². The molecule has 0 radical (unpaired) electrons. The van der Waals surface area contributed by atoms with Crippen molar-refractivity contribution in [2.24, 2.45) is 5.92 Å². The van der Waals surface area contributed by atoms with Crippen molar-refractivity contribution in [3.63, 3.8) is 0 Å². The number of methoxy groups -OCH3 is 1. The Bertz CT molecular complexity index is 743. The van der Waals surface area contributed by atoms with Gasteiger partial charge in [0.05, 0.1) is 13.7 Å². The van der Waals surface area contributed by atoms with Gasteiger partial charge in [0.15, 0.2) is 17.0 Å². The van der Waals surface area contributed by atoms with E-state index in [1.165, 1.54) is 32.1 Å². The first kappa shape index (κ1) is 20.6. The monoisotopic (exact) mass is 391 g/mol. The predicted octanol–water partition coefficient (Wildman–Crippen LogP) is 3.58. The number of nitrogen functional groups attached to an aromatic ring is 1. The van der Waals surface area contributed by atoms with Crippen molar-refractivity contribution >= 4 is 17.0 Å². The van der Waals surface area contributed by atoms with Crippen LogP contribution < -0.4 is 15.2 Å². The summed E-state index contributed by atoms with van der Waals surface area (Å²) >= 11 is 0. The summed E-state index contributed by atoms with van der Waals surface area (Å²) in [6.07, 6.45) is 9.15. The standard InChI is InChI=1S/C20H33N5O3/c1-3-4-12-28-19-23-17(21)16-18(24-19)25(20(22-16)26-2)11-7-5-6-8-15-9-13-27-14-10-15/h15H,3-14H2,1-2H3,(H2,21,23,24). The third kappa shape index (κ3) is 5.25. The highest BCUT2D eigenvalue weighted by atomic mass is 16.5. The number of aromatic nitrogens is 4. The van der Waals surface area contributed by atoms with Gasteiger partial charge >= 0.3 is 6.01 Å². The average Bonchev–Trinajstić information content (AvgIpc) is 3.07. The van der Waals surface area contributed by atoms with E-state index < -0.39 is 0 Å². The predicted molar refractivity (Wildman–Crippen MR) is 109 cm³/mol. The van der Waals surface area contributed by atoms with Gasteiger partial charge in [0, 0.05) is 19.8 Å². The topological polar surface area (TPSA) is 97.3 Å². The lowest BCUT2D eigenvalue weighted by Gasteiger charge is -2.21. The van der Waals surface area contributed by atoms with Crippen molar-refractivity contribution < 1.29 is 14.2 Å². The maximum absolute atomic E-state index is 6.08. The van der Waals surface area contributed by atoms with E-state index in [0.717, 1.165) is 44.9 Å². The molecule has 0 spiro atoms. The normalized spacial score (nSPS) is 15.2. The fourth-order valence-corrected chi connectivity index (χ4v) is 3.63. The number of anilines is 1. The van der Waals surface area contributed by atoms with Crippen molar-refractivity contribution in [2.45, 2.75) is 64.8 Å². The van der Waals surface area contributed by atoms with Crippen LogP contribution in [0.1, 0.15) is 58.3 Å². The molecule has 28 heavy (non-hydrogen) atoms. The second-order valence-corrected chi connectivity index (χ2v) is 7.42. The van der Waals surface area contributed by atoms with Gasteiger partial charge in [-0.2, -0.15) is 15.0 Å². The Balaban J connectivity index is 1.61. The summed E-state index contributed by atoms with van der Waals surface area (Å²) in [5, 5.41) is 0. The van der Waals surface area contributed by atoms with E-state index in [2.05, 4.69) is 21.9 Å². The minimum absolute atomic E-state index is 0.307. The van der Waals surface area contributed by atoms with Crippen molar-refractivity contribution in [1.29, 1.82) is 0 Å². The highest BCUT2D eigenvalue weighted by Crippen LogP contribution is 2.26. The van der Waals surface area contributed by atoms with Crippen LogP contribution in [0.4, 0.5) is 5.82 Å². The Hall–Kier alpha value is -2.09. The first-order valence-corrected chi connectivity index (χ1v) is 10.5. The summed E-state index contributed by atoms with van der Waals surface area (Å²) in [7, 11) is 1.62. The van der Waals surface area contributed by atoms with E-state index in [9.17, 15) is 0 Å². The van der Waals surface area contributed by atoms with Gasteiger partial charge < -0.3 is 19.9 Å². The van der Waals surface area contributed by atoms with E-state index in [1.807, 2.05) is 4.57 Å². The third-order valence-electron chi connectivity index (χ3n) is 5.31. The highest BCUT2D eigenvalue weighted by Gasteiger charge is 2.18. The van der Waals surface area contributed by atoms with Gasteiger partial charge in [0.1, 0.15) is 0 Å². The number of hydrogen-bond donors (Lipinski definition) is 1. The van der Waals surface area contributed by atoms with Crippen LogP contribution in [0.25, 0.3) is 11.2 Å². The molecule has 0 unspecified atom stereocenters. The Morgan fingerprint density at radius 2 is 1.93 bits per heavy atom. The zero-order chi connectivity index (χ0) is 19.8. The molecular weight excluding hydrogens is 358 g/mol. The summed E-state index contributed by atoms with van der Waals surface area (Å²) in [6.45, 7) is 5.33. The molecular formula is C20H33N5O3. The number of hydrogen-bond acceptors (Lipinski definition) is 7. The van der Waals surface area contributed by atoms with E-state index in [4.69, 9.17) is 19.9 Å². The van der Waals surface area contributed by atoms with E-state index >= 15 is 0 Å². The molecule has 0 atom stereocenters. The zero-order valence-corrected chi connectivity index (χ0v) is 17.2. The second kappa shape index (κ2) is 10.5. The SMILES string of the molecule is CCCCOc1nc(N)c2nc(OC)n(CCCCCC3CCOCC3)c2n1. The van der Waals surface area contributed by atoms with Gasteiger partial charge in [0.25, 0.3) is 6.01 Å². The number of aryl methyl sites for hydroxylation is 1. The van der Waals surface area contributed by atoms with Gasteiger partial charge in [-0.15, -0.1) is 0 Å². The summed E-state index contributed by atoms with van der Waals surface area (Å²) in [5.41, 5.74) is 7.34. The van der Waals surface area contributed by atoms with Crippen molar-refractivity contribution in [2.75, 3.05) is 32.7 Å². The molecule has 156 valence electrons. The van der Waals surface area contributed by atoms with Crippen molar-refractivity contribution in [1.82, 2.24) is 19.5 Å². The minimum Gasteiger partial charge on any atom is -0.468 e. The fourth-order valence-electron chi connectivity index (χ4n) is 3.63. The smallest absolute Gasteiger partial charge is 0.320 e. The summed E-state index contributed by atoms with van der Waals surface area (Å²) in [6, 6.07) is 0.827. The molecule has 3 heterocycles. The Morgan fingerprint density at radius 1 is 1.11 bits per heavy atom. The lowest BCUT2D eigenvalue weighted by Crippen LogP contribution is -2.15. The number of unbranched alkanes of at least 4 members (excludes halogenated alkanes) is 3. The van der Waals surface area contributed by atoms with Crippen LogP contribution in [0, 0.1) is 5.92 Å². The van der Waals surface area contributed by atoms with Crippen LogP contribution in [0.2, 0.25) is 0 Å². The molecule has 2 aromatic heterocycles. The quantitative estimate of drug-likeness (QED) is 0.585.